The molecule has 1 heterocycles. The molecule has 6 N–H and O–H groups in total. The summed E-state index contributed by atoms with van der Waals surface area (Å²) in [5.41, 5.74) is 9.28. The fourth-order valence-corrected chi connectivity index (χ4v) is 6.59. The largest absolute Gasteiger partial charge is 0.508 e. The minimum Gasteiger partial charge on any atom is -0.508 e. The summed E-state index contributed by atoms with van der Waals surface area (Å²) in [5.74, 6) is -2.12. The molecular weight excluding hydrogens is 674 g/mol. The van der Waals surface area contributed by atoms with E-state index in [1.54, 1.807) is 32.9 Å². The van der Waals surface area contributed by atoms with Gasteiger partial charge in [0.25, 0.3) is 0 Å². The number of aryl methyl sites for hydroxylation is 1. The average molecular weight is 728 g/mol. The Balaban J connectivity index is 1.61. The lowest BCUT2D eigenvalue weighted by Crippen LogP contribution is -2.58. The first-order valence-corrected chi connectivity index (χ1v) is 18.1. The number of hydrogen-bond donors (Lipinski definition) is 5. The zero-order chi connectivity index (χ0) is 38.9. The number of primary amides is 1. The van der Waals surface area contributed by atoms with Crippen LogP contribution in [-0.2, 0) is 43.2 Å². The van der Waals surface area contributed by atoms with Gasteiger partial charge in [-0.25, -0.2) is 4.79 Å². The number of rotatable bonds is 14. The Morgan fingerprint density at radius 3 is 2.09 bits per heavy atom. The highest BCUT2D eigenvalue weighted by molar-refractivity contribution is 5.95. The molecule has 0 radical (unpaired) electrons. The number of nitrogens with two attached hydrogens (primary N) is 1. The second kappa shape index (κ2) is 17.9. The van der Waals surface area contributed by atoms with Gasteiger partial charge in [-0.1, -0.05) is 74.5 Å². The Labute approximate surface area is 311 Å². The average Bonchev–Trinajstić information content (AvgIpc) is 3.58. The summed E-state index contributed by atoms with van der Waals surface area (Å²) in [6.07, 6.45) is 0.459. The third-order valence-corrected chi connectivity index (χ3v) is 9.26. The standard InChI is InChI=1S/C41H53N5O7/c1-25(2)30-15-10-12-26(3)31(30)24-33(37(49)43-32(36(42)48)22-27-13-8-7-9-14-27)44-38(50)35-16-11-21-46(35)39(51)34(45-40(52)53-41(4,5)6)23-28-17-19-29(47)20-18-28/h7-10,12-15,17-20,25,32-35,47H,11,16,21-24H2,1-6H3,(H2,42,48)(H,43,49)(H,44,50)(H,45,52)/t32-,33-,34-,35-/m0/s1. The maximum absolute atomic E-state index is 14.2. The van der Waals surface area contributed by atoms with Crippen LogP contribution in [0.1, 0.15) is 81.2 Å². The summed E-state index contributed by atoms with van der Waals surface area (Å²) in [4.78, 5) is 69.4. The zero-order valence-corrected chi connectivity index (χ0v) is 31.5. The van der Waals surface area contributed by atoms with E-state index in [-0.39, 0.29) is 37.5 Å². The van der Waals surface area contributed by atoms with Crippen LogP contribution in [0.5, 0.6) is 5.75 Å². The molecule has 4 atom stereocenters. The van der Waals surface area contributed by atoms with E-state index in [0.717, 1.165) is 22.3 Å². The molecule has 12 nitrogen and oxygen atoms in total. The van der Waals surface area contributed by atoms with E-state index >= 15 is 0 Å². The number of amides is 5. The lowest BCUT2D eigenvalue weighted by atomic mass is 9.89. The van der Waals surface area contributed by atoms with Gasteiger partial charge in [-0.2, -0.15) is 0 Å². The van der Waals surface area contributed by atoms with E-state index < -0.39 is 59.5 Å². The van der Waals surface area contributed by atoms with E-state index in [1.165, 1.54) is 17.0 Å². The fraction of sp³-hybridized carbons (Fsp3) is 0.439. The molecule has 53 heavy (non-hydrogen) atoms. The molecule has 1 aliphatic heterocycles. The molecule has 5 amide bonds. The molecule has 0 bridgehead atoms. The molecule has 4 rings (SSSR count). The van der Waals surface area contributed by atoms with Crippen molar-refractivity contribution in [3.8, 4) is 5.75 Å². The van der Waals surface area contributed by atoms with Gasteiger partial charge in [-0.3, -0.25) is 19.2 Å². The van der Waals surface area contributed by atoms with Gasteiger partial charge in [0, 0.05) is 25.8 Å². The molecule has 1 saturated heterocycles. The van der Waals surface area contributed by atoms with Gasteiger partial charge in [0.1, 0.15) is 35.5 Å². The minimum absolute atomic E-state index is 0.0556. The SMILES string of the molecule is Cc1cccc(C(C)C)c1C[C@H](NC(=O)[C@@H]1CCCN1C(=O)[C@H](Cc1ccc(O)cc1)NC(=O)OC(C)(C)C)C(=O)N[C@@H](Cc1ccccc1)C(N)=O. The van der Waals surface area contributed by atoms with Gasteiger partial charge in [-0.15, -0.1) is 0 Å². The van der Waals surface area contributed by atoms with Crippen LogP contribution >= 0.6 is 0 Å². The Hall–Kier alpha value is -5.39. The van der Waals surface area contributed by atoms with Gasteiger partial charge in [0.05, 0.1) is 0 Å². The maximum atomic E-state index is 14.2. The number of phenolic OH excluding ortho intramolecular Hbond substituents is 1. The first-order valence-electron chi connectivity index (χ1n) is 18.1. The molecule has 0 spiro atoms. The summed E-state index contributed by atoms with van der Waals surface area (Å²) in [7, 11) is 0. The smallest absolute Gasteiger partial charge is 0.408 e. The van der Waals surface area contributed by atoms with Crippen molar-refractivity contribution in [1.29, 1.82) is 0 Å². The van der Waals surface area contributed by atoms with Gasteiger partial charge in [0.15, 0.2) is 0 Å². The number of likely N-dealkylation sites (tertiary alicyclic amines) is 1. The molecule has 0 unspecified atom stereocenters. The van der Waals surface area contributed by atoms with Crippen molar-refractivity contribution >= 4 is 29.7 Å². The van der Waals surface area contributed by atoms with Crippen molar-refractivity contribution in [2.75, 3.05) is 6.54 Å². The summed E-state index contributed by atoms with van der Waals surface area (Å²) in [6.45, 7) is 11.4. The fourth-order valence-electron chi connectivity index (χ4n) is 6.59. The number of nitrogens with zero attached hydrogens (tertiary/aromatic N) is 1. The first kappa shape index (κ1) is 40.4. The highest BCUT2D eigenvalue weighted by Crippen LogP contribution is 2.25. The van der Waals surface area contributed by atoms with Crippen LogP contribution in [0.15, 0.2) is 72.8 Å². The number of carbonyl (C=O) groups is 5. The third kappa shape index (κ3) is 11.6. The van der Waals surface area contributed by atoms with E-state index in [2.05, 4.69) is 29.8 Å². The molecule has 3 aromatic carbocycles. The Kier molecular flexibility index (Phi) is 13.6. The quantitative estimate of drug-likeness (QED) is 0.165. The summed E-state index contributed by atoms with van der Waals surface area (Å²) in [6, 6.07) is 17.2. The Bertz CT molecular complexity index is 1750. The highest BCUT2D eigenvalue weighted by Gasteiger charge is 2.40. The molecule has 3 aromatic rings. The number of carbonyl (C=O) groups excluding carboxylic acids is 5. The van der Waals surface area contributed by atoms with E-state index in [0.29, 0.717) is 18.4 Å². The van der Waals surface area contributed by atoms with Crippen LogP contribution in [0.3, 0.4) is 0 Å². The van der Waals surface area contributed by atoms with Gasteiger partial charge >= 0.3 is 6.09 Å². The predicted molar refractivity (Wildman–Crippen MR) is 202 cm³/mol. The predicted octanol–water partition coefficient (Wildman–Crippen LogP) is 4.19. The van der Waals surface area contributed by atoms with Crippen molar-refractivity contribution in [2.45, 2.75) is 109 Å². The van der Waals surface area contributed by atoms with Crippen LogP contribution in [0, 0.1) is 6.92 Å². The van der Waals surface area contributed by atoms with E-state index in [9.17, 15) is 29.1 Å². The number of alkyl carbamates (subject to hydrolysis) is 1. The number of ether oxygens (including phenoxy) is 1. The second-order valence-corrected chi connectivity index (χ2v) is 15.0. The lowest BCUT2D eigenvalue weighted by Gasteiger charge is -2.31. The molecule has 1 fully saturated rings. The van der Waals surface area contributed by atoms with Crippen molar-refractivity contribution in [3.05, 3.63) is 101 Å². The molecule has 0 saturated carbocycles. The molecule has 12 heteroatoms. The van der Waals surface area contributed by atoms with Crippen molar-refractivity contribution in [3.63, 3.8) is 0 Å². The molecular formula is C41H53N5O7. The number of hydrogen-bond acceptors (Lipinski definition) is 7. The normalized spacial score (nSPS) is 16.0. The van der Waals surface area contributed by atoms with Gasteiger partial charge < -0.3 is 36.4 Å². The molecule has 0 aromatic heterocycles. The van der Waals surface area contributed by atoms with Crippen LogP contribution in [0.4, 0.5) is 4.79 Å². The maximum Gasteiger partial charge on any atom is 0.408 e. The highest BCUT2D eigenvalue weighted by atomic mass is 16.6. The topological polar surface area (TPSA) is 180 Å². The number of nitrogens with one attached hydrogen (secondary N) is 3. The van der Waals surface area contributed by atoms with Gasteiger partial charge in [0.2, 0.25) is 23.6 Å². The van der Waals surface area contributed by atoms with E-state index in [1.807, 2.05) is 55.5 Å². The first-order chi connectivity index (χ1) is 25.0. The van der Waals surface area contributed by atoms with Crippen molar-refractivity contribution in [2.24, 2.45) is 5.73 Å². The summed E-state index contributed by atoms with van der Waals surface area (Å²) in [5, 5.41) is 18.2. The Morgan fingerprint density at radius 2 is 1.47 bits per heavy atom. The van der Waals surface area contributed by atoms with E-state index in [4.69, 9.17) is 10.5 Å². The van der Waals surface area contributed by atoms with Gasteiger partial charge in [-0.05, 0) is 86.4 Å². The van der Waals surface area contributed by atoms with Crippen LogP contribution in [0.25, 0.3) is 0 Å². The van der Waals surface area contributed by atoms with Crippen molar-refractivity contribution in [1.82, 2.24) is 20.9 Å². The molecule has 0 aliphatic carbocycles. The van der Waals surface area contributed by atoms with Crippen molar-refractivity contribution < 1.29 is 33.8 Å². The van der Waals surface area contributed by atoms with Crippen LogP contribution in [-0.4, -0.2) is 76.0 Å². The van der Waals surface area contributed by atoms with Crippen LogP contribution < -0.4 is 21.7 Å². The number of phenols is 1. The molecule has 1 aliphatic rings. The lowest BCUT2D eigenvalue weighted by molar-refractivity contribution is -0.141. The number of benzene rings is 3. The third-order valence-electron chi connectivity index (χ3n) is 9.26. The molecule has 284 valence electrons. The second-order valence-electron chi connectivity index (χ2n) is 15.0. The summed E-state index contributed by atoms with van der Waals surface area (Å²) >= 11 is 0. The summed E-state index contributed by atoms with van der Waals surface area (Å²) < 4.78 is 5.45. The monoisotopic (exact) mass is 727 g/mol. The zero-order valence-electron chi connectivity index (χ0n) is 31.5. The minimum atomic E-state index is -1.11. The van der Waals surface area contributed by atoms with Crippen LogP contribution in [0.2, 0.25) is 0 Å². The number of aromatic hydroxyl groups is 1. The Morgan fingerprint density at radius 1 is 0.830 bits per heavy atom.